The monoisotopic (exact) mass is 281 g/mol. The summed E-state index contributed by atoms with van der Waals surface area (Å²) in [7, 11) is -3.74. The van der Waals surface area contributed by atoms with Crippen LogP contribution in [0.2, 0.25) is 0 Å². The Hall–Kier alpha value is -1.91. The Kier molecular flexibility index (Phi) is 5.03. The predicted molar refractivity (Wildman–Crippen MR) is 69.6 cm³/mol. The second-order valence-corrected chi connectivity index (χ2v) is 5.95. The molecule has 1 amide bonds. The summed E-state index contributed by atoms with van der Waals surface area (Å²) in [4.78, 5) is 11.4. The lowest BCUT2D eigenvalue weighted by Gasteiger charge is -2.09. The Labute approximate surface area is 112 Å². The fraction of sp³-hybridized carbons (Fsp3) is 0.333. The van der Waals surface area contributed by atoms with Crippen molar-refractivity contribution in [1.82, 2.24) is 10.0 Å². The minimum absolute atomic E-state index is 0.0175. The average molecular weight is 281 g/mol. The third kappa shape index (κ3) is 4.69. The van der Waals surface area contributed by atoms with E-state index >= 15 is 0 Å². The second-order valence-electron chi connectivity index (χ2n) is 4.18. The van der Waals surface area contributed by atoms with Crippen molar-refractivity contribution in [2.75, 3.05) is 6.54 Å². The van der Waals surface area contributed by atoms with Crippen LogP contribution in [-0.4, -0.2) is 26.9 Å². The first-order valence-corrected chi connectivity index (χ1v) is 7.12. The van der Waals surface area contributed by atoms with E-state index in [0.29, 0.717) is 5.56 Å². The lowest BCUT2D eigenvalue weighted by Crippen LogP contribution is -2.39. The topological polar surface area (TPSA) is 99.1 Å². The number of hydrogen-bond donors (Lipinski definition) is 2. The molecule has 0 fully saturated rings. The fourth-order valence-electron chi connectivity index (χ4n) is 1.33. The van der Waals surface area contributed by atoms with Crippen molar-refractivity contribution < 1.29 is 13.2 Å². The van der Waals surface area contributed by atoms with Gasteiger partial charge in [-0.1, -0.05) is 0 Å². The van der Waals surface area contributed by atoms with Gasteiger partial charge in [-0.3, -0.25) is 4.79 Å². The number of nitriles is 1. The van der Waals surface area contributed by atoms with Gasteiger partial charge in [0.05, 0.1) is 23.1 Å². The molecular weight excluding hydrogens is 266 g/mol. The van der Waals surface area contributed by atoms with E-state index in [4.69, 9.17) is 5.26 Å². The zero-order valence-electron chi connectivity index (χ0n) is 10.7. The highest BCUT2D eigenvalue weighted by atomic mass is 32.2. The molecule has 0 radical (unpaired) electrons. The highest BCUT2D eigenvalue weighted by Crippen LogP contribution is 2.09. The molecular formula is C12H15N3O3S. The molecule has 0 aromatic heterocycles. The van der Waals surface area contributed by atoms with Crippen molar-refractivity contribution in [1.29, 1.82) is 5.26 Å². The van der Waals surface area contributed by atoms with E-state index in [-0.39, 0.29) is 17.5 Å². The number of nitrogens with zero attached hydrogens (tertiary/aromatic N) is 1. The molecule has 1 rings (SSSR count). The first kappa shape index (κ1) is 15.1. The molecule has 0 aliphatic carbocycles. The van der Waals surface area contributed by atoms with Gasteiger partial charge in [0.25, 0.3) is 0 Å². The quantitative estimate of drug-likeness (QED) is 0.814. The Morgan fingerprint density at radius 2 is 1.89 bits per heavy atom. The SMILES string of the molecule is CC(C)NC(=O)CNS(=O)(=O)c1ccc(C#N)cc1. The maximum atomic E-state index is 11.8. The van der Waals surface area contributed by atoms with Crippen LogP contribution in [0.5, 0.6) is 0 Å². The largest absolute Gasteiger partial charge is 0.353 e. The van der Waals surface area contributed by atoms with Crippen LogP contribution in [0, 0.1) is 11.3 Å². The van der Waals surface area contributed by atoms with Gasteiger partial charge in [-0.15, -0.1) is 0 Å². The Balaban J connectivity index is 2.71. The van der Waals surface area contributed by atoms with Crippen LogP contribution in [-0.2, 0) is 14.8 Å². The smallest absolute Gasteiger partial charge is 0.241 e. The van der Waals surface area contributed by atoms with Gasteiger partial charge < -0.3 is 5.32 Å². The summed E-state index contributed by atoms with van der Waals surface area (Å²) in [5.41, 5.74) is 0.372. The van der Waals surface area contributed by atoms with Crippen LogP contribution < -0.4 is 10.0 Å². The van der Waals surface area contributed by atoms with Crippen molar-refractivity contribution in [3.8, 4) is 6.07 Å². The highest BCUT2D eigenvalue weighted by molar-refractivity contribution is 7.89. The van der Waals surface area contributed by atoms with Crippen molar-refractivity contribution in [2.45, 2.75) is 24.8 Å². The molecule has 0 heterocycles. The molecule has 0 aliphatic rings. The number of amides is 1. The summed E-state index contributed by atoms with van der Waals surface area (Å²) in [6.45, 7) is 3.25. The van der Waals surface area contributed by atoms with Crippen molar-refractivity contribution in [3.05, 3.63) is 29.8 Å². The number of hydrogen-bond acceptors (Lipinski definition) is 4. The Morgan fingerprint density at radius 3 is 2.37 bits per heavy atom. The van der Waals surface area contributed by atoms with E-state index in [1.54, 1.807) is 13.8 Å². The van der Waals surface area contributed by atoms with Gasteiger partial charge in [0.1, 0.15) is 0 Å². The minimum atomic E-state index is -3.74. The second kappa shape index (κ2) is 6.31. The van der Waals surface area contributed by atoms with Gasteiger partial charge >= 0.3 is 0 Å². The van der Waals surface area contributed by atoms with Crippen LogP contribution in [0.3, 0.4) is 0 Å². The highest BCUT2D eigenvalue weighted by Gasteiger charge is 2.15. The summed E-state index contributed by atoms with van der Waals surface area (Å²) in [5, 5.41) is 11.2. The van der Waals surface area contributed by atoms with Crippen LogP contribution in [0.4, 0.5) is 0 Å². The molecule has 0 bridgehead atoms. The van der Waals surface area contributed by atoms with Gasteiger partial charge in [-0.2, -0.15) is 5.26 Å². The maximum absolute atomic E-state index is 11.8. The van der Waals surface area contributed by atoms with Crippen LogP contribution in [0.25, 0.3) is 0 Å². The van der Waals surface area contributed by atoms with Crippen molar-refractivity contribution >= 4 is 15.9 Å². The molecule has 19 heavy (non-hydrogen) atoms. The first-order chi connectivity index (χ1) is 8.85. The predicted octanol–water partition coefficient (Wildman–Crippen LogP) is 0.361. The number of carbonyl (C=O) groups excluding carboxylic acids is 1. The van der Waals surface area contributed by atoms with Gasteiger partial charge in [0.2, 0.25) is 15.9 Å². The third-order valence-corrected chi connectivity index (χ3v) is 3.58. The van der Waals surface area contributed by atoms with E-state index in [0.717, 1.165) is 0 Å². The number of carbonyl (C=O) groups is 1. The number of sulfonamides is 1. The first-order valence-electron chi connectivity index (χ1n) is 5.64. The van der Waals surface area contributed by atoms with Crippen LogP contribution >= 0.6 is 0 Å². The fourth-order valence-corrected chi connectivity index (χ4v) is 2.31. The average Bonchev–Trinajstić information content (AvgIpc) is 2.36. The van der Waals surface area contributed by atoms with E-state index < -0.39 is 15.9 Å². The molecule has 0 saturated heterocycles. The van der Waals surface area contributed by atoms with E-state index in [2.05, 4.69) is 10.0 Å². The zero-order valence-corrected chi connectivity index (χ0v) is 11.5. The van der Waals surface area contributed by atoms with Gasteiger partial charge in [-0.25, -0.2) is 13.1 Å². The zero-order chi connectivity index (χ0) is 14.5. The van der Waals surface area contributed by atoms with E-state index in [1.165, 1.54) is 24.3 Å². The number of benzene rings is 1. The van der Waals surface area contributed by atoms with E-state index in [9.17, 15) is 13.2 Å². The van der Waals surface area contributed by atoms with Crippen LogP contribution in [0.15, 0.2) is 29.2 Å². The van der Waals surface area contributed by atoms with Gasteiger partial charge in [0, 0.05) is 6.04 Å². The lowest BCUT2D eigenvalue weighted by atomic mass is 10.2. The number of rotatable bonds is 5. The molecule has 0 saturated carbocycles. The summed E-state index contributed by atoms with van der Waals surface area (Å²) >= 11 is 0. The van der Waals surface area contributed by atoms with Crippen LogP contribution in [0.1, 0.15) is 19.4 Å². The number of nitrogens with one attached hydrogen (secondary N) is 2. The molecule has 0 atom stereocenters. The summed E-state index contributed by atoms with van der Waals surface area (Å²) < 4.78 is 25.9. The normalized spacial score (nSPS) is 11.1. The molecule has 0 aliphatic heterocycles. The van der Waals surface area contributed by atoms with E-state index in [1.807, 2.05) is 6.07 Å². The molecule has 1 aromatic carbocycles. The van der Waals surface area contributed by atoms with Crippen molar-refractivity contribution in [2.24, 2.45) is 0 Å². The molecule has 7 heteroatoms. The molecule has 0 unspecified atom stereocenters. The summed E-state index contributed by atoms with van der Waals surface area (Å²) in [6, 6.07) is 7.30. The minimum Gasteiger partial charge on any atom is -0.353 e. The molecule has 1 aromatic rings. The molecule has 6 nitrogen and oxygen atoms in total. The summed E-state index contributed by atoms with van der Waals surface area (Å²) in [6.07, 6.45) is 0. The molecule has 0 spiro atoms. The Bertz CT molecular complexity index is 586. The third-order valence-electron chi connectivity index (χ3n) is 2.17. The standard InChI is InChI=1S/C12H15N3O3S/c1-9(2)15-12(16)8-14-19(17,18)11-5-3-10(7-13)4-6-11/h3-6,9,14H,8H2,1-2H3,(H,15,16). The van der Waals surface area contributed by atoms with Gasteiger partial charge in [0.15, 0.2) is 0 Å². The lowest BCUT2D eigenvalue weighted by molar-refractivity contribution is -0.120. The molecule has 2 N–H and O–H groups in total. The molecule has 102 valence electrons. The Morgan fingerprint density at radius 1 is 1.32 bits per heavy atom. The van der Waals surface area contributed by atoms with Crippen molar-refractivity contribution in [3.63, 3.8) is 0 Å². The maximum Gasteiger partial charge on any atom is 0.241 e. The van der Waals surface area contributed by atoms with Gasteiger partial charge in [-0.05, 0) is 38.1 Å². The summed E-state index contributed by atoms with van der Waals surface area (Å²) in [5.74, 6) is -0.396.